The van der Waals surface area contributed by atoms with Crippen molar-refractivity contribution in [3.63, 3.8) is 0 Å². The molecule has 21 heavy (non-hydrogen) atoms. The van der Waals surface area contributed by atoms with Crippen molar-refractivity contribution in [2.24, 2.45) is 0 Å². The van der Waals surface area contributed by atoms with Crippen LogP contribution in [-0.4, -0.2) is 9.55 Å². The molecule has 0 unspecified atom stereocenters. The van der Waals surface area contributed by atoms with Crippen molar-refractivity contribution < 1.29 is 4.39 Å². The number of benzene rings is 2. The summed E-state index contributed by atoms with van der Waals surface area (Å²) in [6, 6.07) is 10.4. The summed E-state index contributed by atoms with van der Waals surface area (Å²) in [5.74, 6) is 0.386. The molecular formula is C15H10Cl3FN2. The molecule has 0 bridgehead atoms. The summed E-state index contributed by atoms with van der Waals surface area (Å²) in [5, 5.41) is 0.695. The molecule has 0 aliphatic heterocycles. The van der Waals surface area contributed by atoms with Crippen molar-refractivity contribution in [1.29, 1.82) is 0 Å². The van der Waals surface area contributed by atoms with E-state index in [9.17, 15) is 4.39 Å². The van der Waals surface area contributed by atoms with Crippen molar-refractivity contribution in [3.8, 4) is 0 Å². The Bertz CT molecular complexity index is 814. The van der Waals surface area contributed by atoms with Crippen LogP contribution in [0.1, 0.15) is 11.4 Å². The number of alkyl halides is 1. The van der Waals surface area contributed by atoms with Gasteiger partial charge >= 0.3 is 0 Å². The maximum absolute atomic E-state index is 13.7. The smallest absolute Gasteiger partial charge is 0.144 e. The lowest BCUT2D eigenvalue weighted by atomic mass is 10.2. The third-order valence-corrected chi connectivity index (χ3v) is 4.17. The predicted octanol–water partition coefficient (Wildman–Crippen LogP) is 5.27. The number of halogens is 4. The molecular weight excluding hydrogens is 334 g/mol. The zero-order valence-corrected chi connectivity index (χ0v) is 13.1. The van der Waals surface area contributed by atoms with E-state index < -0.39 is 5.82 Å². The van der Waals surface area contributed by atoms with Crippen molar-refractivity contribution in [2.75, 3.05) is 0 Å². The van der Waals surface area contributed by atoms with E-state index in [1.165, 1.54) is 12.1 Å². The minimum atomic E-state index is -0.481. The average Bonchev–Trinajstić information content (AvgIpc) is 2.79. The van der Waals surface area contributed by atoms with Crippen LogP contribution in [-0.2, 0) is 12.4 Å². The SMILES string of the molecule is Fc1cc2c(cc1Cl)nc(CCl)n2Cc1ccccc1Cl. The standard InChI is InChI=1S/C15H10Cl3FN2/c16-7-15-20-13-5-11(18)12(19)6-14(13)21(15)8-9-3-1-2-4-10(9)17/h1-6H,7-8H2. The van der Waals surface area contributed by atoms with Crippen LogP contribution in [0.4, 0.5) is 4.39 Å². The highest BCUT2D eigenvalue weighted by Gasteiger charge is 2.14. The fourth-order valence-corrected chi connectivity index (χ4v) is 2.80. The van der Waals surface area contributed by atoms with E-state index in [0.29, 0.717) is 28.4 Å². The van der Waals surface area contributed by atoms with Crippen molar-refractivity contribution in [1.82, 2.24) is 9.55 Å². The molecule has 0 saturated heterocycles. The first kappa shape index (κ1) is 14.6. The summed E-state index contributed by atoms with van der Waals surface area (Å²) in [4.78, 5) is 4.40. The van der Waals surface area contributed by atoms with Crippen molar-refractivity contribution in [2.45, 2.75) is 12.4 Å². The zero-order valence-electron chi connectivity index (χ0n) is 10.8. The molecule has 6 heteroatoms. The van der Waals surface area contributed by atoms with Gasteiger partial charge in [0.1, 0.15) is 11.6 Å². The molecule has 0 N–H and O–H groups in total. The third-order valence-electron chi connectivity index (χ3n) is 3.28. The molecule has 1 heterocycles. The van der Waals surface area contributed by atoms with Gasteiger partial charge in [0.25, 0.3) is 0 Å². The lowest BCUT2D eigenvalue weighted by Gasteiger charge is -2.09. The maximum Gasteiger partial charge on any atom is 0.144 e. The van der Waals surface area contributed by atoms with Gasteiger partial charge in [-0.05, 0) is 17.7 Å². The van der Waals surface area contributed by atoms with Gasteiger partial charge in [0.15, 0.2) is 0 Å². The van der Waals surface area contributed by atoms with Gasteiger partial charge in [-0.15, -0.1) is 11.6 Å². The summed E-state index contributed by atoms with van der Waals surface area (Å²) in [7, 11) is 0. The molecule has 1 aromatic heterocycles. The molecule has 0 saturated carbocycles. The van der Waals surface area contributed by atoms with Crippen LogP contribution < -0.4 is 0 Å². The number of rotatable bonds is 3. The van der Waals surface area contributed by atoms with E-state index in [2.05, 4.69) is 4.98 Å². The molecule has 0 spiro atoms. The Labute approximate surface area is 136 Å². The second-order valence-electron chi connectivity index (χ2n) is 4.59. The summed E-state index contributed by atoms with van der Waals surface area (Å²) >= 11 is 17.9. The first-order valence-corrected chi connectivity index (χ1v) is 7.52. The lowest BCUT2D eigenvalue weighted by molar-refractivity contribution is 0.628. The van der Waals surface area contributed by atoms with Gasteiger partial charge in [0.2, 0.25) is 0 Å². The van der Waals surface area contributed by atoms with Gasteiger partial charge in [-0.1, -0.05) is 41.4 Å². The molecule has 0 aliphatic carbocycles. The summed E-state index contributed by atoms with van der Waals surface area (Å²) < 4.78 is 15.6. The number of nitrogens with zero attached hydrogens (tertiary/aromatic N) is 2. The van der Waals surface area contributed by atoms with E-state index >= 15 is 0 Å². The summed E-state index contributed by atoms with van der Waals surface area (Å²) in [6.07, 6.45) is 0. The quantitative estimate of drug-likeness (QED) is 0.592. The topological polar surface area (TPSA) is 17.8 Å². The Morgan fingerprint density at radius 3 is 2.57 bits per heavy atom. The lowest BCUT2D eigenvalue weighted by Crippen LogP contribution is -2.04. The Morgan fingerprint density at radius 2 is 1.86 bits per heavy atom. The molecule has 3 rings (SSSR count). The molecule has 2 aromatic carbocycles. The largest absolute Gasteiger partial charge is 0.322 e. The van der Waals surface area contributed by atoms with Gasteiger partial charge in [0, 0.05) is 11.1 Å². The number of fused-ring (bicyclic) bond motifs is 1. The van der Waals surface area contributed by atoms with Crippen molar-refractivity contribution in [3.05, 3.63) is 63.6 Å². The average molecular weight is 344 g/mol. The van der Waals surface area contributed by atoms with Gasteiger partial charge in [-0.25, -0.2) is 9.37 Å². The summed E-state index contributed by atoms with van der Waals surface area (Å²) in [6.45, 7) is 0.472. The number of hydrogen-bond acceptors (Lipinski definition) is 1. The zero-order chi connectivity index (χ0) is 15.0. The van der Waals surface area contributed by atoms with Crippen LogP contribution in [0.5, 0.6) is 0 Å². The monoisotopic (exact) mass is 342 g/mol. The first-order chi connectivity index (χ1) is 10.1. The van der Waals surface area contributed by atoms with E-state index in [0.717, 1.165) is 5.56 Å². The van der Waals surface area contributed by atoms with Crippen LogP contribution in [0.15, 0.2) is 36.4 Å². The molecule has 108 valence electrons. The Kier molecular flexibility index (Phi) is 4.07. The van der Waals surface area contributed by atoms with E-state index in [1.54, 1.807) is 0 Å². The fourth-order valence-electron chi connectivity index (χ4n) is 2.25. The van der Waals surface area contributed by atoms with Crippen LogP contribution in [0, 0.1) is 5.82 Å². The van der Waals surface area contributed by atoms with Crippen molar-refractivity contribution >= 4 is 45.8 Å². The normalized spacial score (nSPS) is 11.2. The second kappa shape index (κ2) is 5.84. The van der Waals surface area contributed by atoms with Crippen LogP contribution in [0.3, 0.4) is 0 Å². The Balaban J connectivity index is 2.16. The minimum Gasteiger partial charge on any atom is -0.322 e. The molecule has 3 aromatic rings. The van der Waals surface area contributed by atoms with Gasteiger partial charge in [-0.2, -0.15) is 0 Å². The molecule has 0 radical (unpaired) electrons. The van der Waals surface area contributed by atoms with Crippen LogP contribution >= 0.6 is 34.8 Å². The minimum absolute atomic E-state index is 0.0472. The number of hydrogen-bond donors (Lipinski definition) is 0. The fraction of sp³-hybridized carbons (Fsp3) is 0.133. The first-order valence-electron chi connectivity index (χ1n) is 6.23. The molecule has 0 aliphatic rings. The van der Waals surface area contributed by atoms with E-state index in [-0.39, 0.29) is 10.9 Å². The number of aromatic nitrogens is 2. The van der Waals surface area contributed by atoms with E-state index in [1.807, 2.05) is 28.8 Å². The Hall–Kier alpha value is -1.29. The van der Waals surface area contributed by atoms with Crippen LogP contribution in [0.25, 0.3) is 11.0 Å². The maximum atomic E-state index is 13.7. The highest BCUT2D eigenvalue weighted by molar-refractivity contribution is 6.31. The van der Waals surface area contributed by atoms with Gasteiger partial charge in [-0.3, -0.25) is 0 Å². The highest BCUT2D eigenvalue weighted by Crippen LogP contribution is 2.26. The molecule has 0 atom stereocenters. The molecule has 2 nitrogen and oxygen atoms in total. The third kappa shape index (κ3) is 2.73. The van der Waals surface area contributed by atoms with Gasteiger partial charge in [0.05, 0.1) is 28.5 Å². The Morgan fingerprint density at radius 1 is 1.10 bits per heavy atom. The van der Waals surface area contributed by atoms with E-state index in [4.69, 9.17) is 34.8 Å². The van der Waals surface area contributed by atoms with Gasteiger partial charge < -0.3 is 4.57 Å². The van der Waals surface area contributed by atoms with Crippen LogP contribution in [0.2, 0.25) is 10.0 Å². The molecule has 0 fully saturated rings. The molecule has 0 amide bonds. The number of imidazole rings is 1. The second-order valence-corrected chi connectivity index (χ2v) is 5.68. The summed E-state index contributed by atoms with van der Waals surface area (Å²) in [5.41, 5.74) is 2.18. The highest BCUT2D eigenvalue weighted by atomic mass is 35.5. The predicted molar refractivity (Wildman–Crippen MR) is 84.8 cm³/mol.